The van der Waals surface area contributed by atoms with Crippen LogP contribution in [0.25, 0.3) is 6.08 Å². The first-order chi connectivity index (χ1) is 14.2. The maximum Gasteiger partial charge on any atom is 0.186 e. The largest absolute Gasteiger partial charge is 0.488 e. The number of hydrogen-bond donors (Lipinski definition) is 1. The standard InChI is InChI=1S/C22H19N3O2S2/c1-2-18-24-25-22(29-18)19-20(26)17(28-21(19)23)12-15-10-6-7-11-16(15)27-13-14-8-4-3-5-9-14/h3-12,19,23H,2,13H2,1H3. The number of hydrogen-bond acceptors (Lipinski definition) is 7. The molecule has 2 aromatic carbocycles. The summed E-state index contributed by atoms with van der Waals surface area (Å²) in [4.78, 5) is 13.5. The van der Waals surface area contributed by atoms with Crippen LogP contribution in [0.3, 0.4) is 0 Å². The van der Waals surface area contributed by atoms with Crippen molar-refractivity contribution in [2.24, 2.45) is 0 Å². The van der Waals surface area contributed by atoms with E-state index in [1.165, 1.54) is 23.1 Å². The average molecular weight is 422 g/mol. The molecule has 5 nitrogen and oxygen atoms in total. The molecule has 0 amide bonds. The Balaban J connectivity index is 1.56. The molecule has 3 aromatic rings. The number of thioether (sulfide) groups is 1. The van der Waals surface area contributed by atoms with Crippen molar-refractivity contribution in [3.63, 3.8) is 0 Å². The van der Waals surface area contributed by atoms with Gasteiger partial charge in [-0.25, -0.2) is 0 Å². The van der Waals surface area contributed by atoms with Gasteiger partial charge in [0.05, 0.1) is 9.95 Å². The summed E-state index contributed by atoms with van der Waals surface area (Å²) in [6.07, 6.45) is 2.58. The number of nitrogens with zero attached hydrogens (tertiary/aromatic N) is 2. The molecule has 2 heterocycles. The number of aryl methyl sites for hydroxylation is 1. The van der Waals surface area contributed by atoms with Gasteiger partial charge in [0.2, 0.25) is 0 Å². The molecule has 1 unspecified atom stereocenters. The Bertz CT molecular complexity index is 1080. The molecule has 29 heavy (non-hydrogen) atoms. The van der Waals surface area contributed by atoms with E-state index in [4.69, 9.17) is 10.1 Å². The molecule has 4 rings (SSSR count). The molecule has 1 saturated heterocycles. The maximum absolute atomic E-state index is 13.0. The van der Waals surface area contributed by atoms with Crippen LogP contribution in [-0.4, -0.2) is 21.0 Å². The highest BCUT2D eigenvalue weighted by molar-refractivity contribution is 8.19. The molecule has 0 bridgehead atoms. The Morgan fingerprint density at radius 2 is 1.86 bits per heavy atom. The lowest BCUT2D eigenvalue weighted by Gasteiger charge is -2.09. The number of nitrogens with one attached hydrogen (secondary N) is 1. The van der Waals surface area contributed by atoms with E-state index in [0.717, 1.165) is 22.6 Å². The molecule has 1 atom stereocenters. The van der Waals surface area contributed by atoms with Gasteiger partial charge in [0.15, 0.2) is 5.78 Å². The highest BCUT2D eigenvalue weighted by Crippen LogP contribution is 2.42. The summed E-state index contributed by atoms with van der Waals surface area (Å²) in [5, 5.41) is 18.3. The van der Waals surface area contributed by atoms with Crippen LogP contribution in [0, 0.1) is 5.41 Å². The van der Waals surface area contributed by atoms with E-state index in [0.29, 0.717) is 27.3 Å². The number of ketones is 1. The predicted molar refractivity (Wildman–Crippen MR) is 118 cm³/mol. The number of rotatable bonds is 6. The fraction of sp³-hybridized carbons (Fsp3) is 0.182. The first kappa shape index (κ1) is 19.5. The summed E-state index contributed by atoms with van der Waals surface area (Å²) in [7, 11) is 0. The topological polar surface area (TPSA) is 75.9 Å². The van der Waals surface area contributed by atoms with Crippen LogP contribution in [0.15, 0.2) is 59.5 Å². The van der Waals surface area contributed by atoms with Crippen LogP contribution in [0.1, 0.15) is 34.0 Å². The zero-order valence-corrected chi connectivity index (χ0v) is 17.4. The van der Waals surface area contributed by atoms with Gasteiger partial charge >= 0.3 is 0 Å². The minimum Gasteiger partial charge on any atom is -0.488 e. The van der Waals surface area contributed by atoms with Crippen molar-refractivity contribution in [2.45, 2.75) is 25.9 Å². The molecule has 1 aromatic heterocycles. The van der Waals surface area contributed by atoms with E-state index in [1.54, 1.807) is 0 Å². The van der Waals surface area contributed by atoms with Crippen LogP contribution in [0.5, 0.6) is 5.75 Å². The Kier molecular flexibility index (Phi) is 5.87. The summed E-state index contributed by atoms with van der Waals surface area (Å²) in [5.74, 6) is -0.0328. The third kappa shape index (κ3) is 4.31. The second-order valence-corrected chi connectivity index (χ2v) is 8.65. The van der Waals surface area contributed by atoms with Crippen LogP contribution >= 0.6 is 23.1 Å². The molecule has 1 N–H and O–H groups in total. The number of carbonyl (C=O) groups excluding carboxylic acids is 1. The van der Waals surface area contributed by atoms with Crippen LogP contribution < -0.4 is 4.74 Å². The number of aromatic nitrogens is 2. The fourth-order valence-electron chi connectivity index (χ4n) is 2.95. The van der Waals surface area contributed by atoms with Crippen molar-refractivity contribution in [2.75, 3.05) is 0 Å². The van der Waals surface area contributed by atoms with E-state index in [9.17, 15) is 4.79 Å². The van der Waals surface area contributed by atoms with Gasteiger partial charge in [0, 0.05) is 5.56 Å². The smallest absolute Gasteiger partial charge is 0.186 e. The number of allylic oxidation sites excluding steroid dienone is 1. The molecule has 1 aliphatic rings. The summed E-state index contributed by atoms with van der Waals surface area (Å²) in [6.45, 7) is 2.45. The van der Waals surface area contributed by atoms with Crippen molar-refractivity contribution in [1.29, 1.82) is 5.41 Å². The second-order valence-electron chi connectivity index (χ2n) is 6.47. The van der Waals surface area contributed by atoms with E-state index >= 15 is 0 Å². The zero-order valence-electron chi connectivity index (χ0n) is 15.8. The van der Waals surface area contributed by atoms with Gasteiger partial charge in [0.25, 0.3) is 0 Å². The lowest BCUT2D eigenvalue weighted by molar-refractivity contribution is -0.114. The molecule has 146 valence electrons. The molecule has 7 heteroatoms. The minimum atomic E-state index is -0.638. The quantitative estimate of drug-likeness (QED) is 0.561. The summed E-state index contributed by atoms with van der Waals surface area (Å²) < 4.78 is 5.99. The second kappa shape index (κ2) is 8.71. The van der Waals surface area contributed by atoms with E-state index in [1.807, 2.05) is 67.6 Å². The van der Waals surface area contributed by atoms with Gasteiger partial charge in [-0.15, -0.1) is 21.5 Å². The van der Waals surface area contributed by atoms with Gasteiger partial charge in [-0.3, -0.25) is 10.2 Å². The van der Waals surface area contributed by atoms with Crippen molar-refractivity contribution < 1.29 is 9.53 Å². The first-order valence-electron chi connectivity index (χ1n) is 9.26. The van der Waals surface area contributed by atoms with E-state index < -0.39 is 5.92 Å². The summed E-state index contributed by atoms with van der Waals surface area (Å²) in [6, 6.07) is 17.6. The van der Waals surface area contributed by atoms with Gasteiger partial charge in [-0.2, -0.15) is 0 Å². The Labute approximate surface area is 177 Å². The lowest BCUT2D eigenvalue weighted by Crippen LogP contribution is -2.11. The summed E-state index contributed by atoms with van der Waals surface area (Å²) in [5.41, 5.74) is 1.89. The normalized spacial score (nSPS) is 17.8. The van der Waals surface area contributed by atoms with E-state index in [-0.39, 0.29) is 5.78 Å². The molecular weight excluding hydrogens is 402 g/mol. The van der Waals surface area contributed by atoms with Gasteiger partial charge in [0.1, 0.15) is 28.3 Å². The van der Waals surface area contributed by atoms with Crippen LogP contribution in [-0.2, 0) is 17.8 Å². The highest BCUT2D eigenvalue weighted by atomic mass is 32.2. The molecule has 0 radical (unpaired) electrons. The van der Waals surface area contributed by atoms with Crippen molar-refractivity contribution in [1.82, 2.24) is 10.2 Å². The predicted octanol–water partition coefficient (Wildman–Crippen LogP) is 5.10. The SMILES string of the molecule is CCc1nnc(C2C(=N)SC(=Cc3ccccc3OCc3ccccc3)C2=O)s1. The van der Waals surface area contributed by atoms with Gasteiger partial charge < -0.3 is 4.74 Å². The number of ether oxygens (including phenoxy) is 1. The molecule has 1 fully saturated rings. The Morgan fingerprint density at radius 3 is 2.62 bits per heavy atom. The molecule has 0 aliphatic carbocycles. The third-order valence-corrected chi connectivity index (χ3v) is 6.59. The Hall–Kier alpha value is -2.77. The highest BCUT2D eigenvalue weighted by Gasteiger charge is 2.39. The number of Topliss-reactive ketones (excluding diaryl/α,β-unsaturated/α-hetero) is 1. The van der Waals surface area contributed by atoms with Gasteiger partial charge in [-0.05, 0) is 24.1 Å². The van der Waals surface area contributed by atoms with Crippen LogP contribution in [0.4, 0.5) is 0 Å². The molecule has 0 spiro atoms. The fourth-order valence-corrected chi connectivity index (χ4v) is 4.89. The number of benzene rings is 2. The van der Waals surface area contributed by atoms with Gasteiger partial charge in [-0.1, -0.05) is 67.2 Å². The molecule has 0 saturated carbocycles. The lowest BCUT2D eigenvalue weighted by atomic mass is 10.0. The monoisotopic (exact) mass is 421 g/mol. The molecule has 1 aliphatic heterocycles. The van der Waals surface area contributed by atoms with Crippen molar-refractivity contribution in [3.8, 4) is 5.75 Å². The van der Waals surface area contributed by atoms with E-state index in [2.05, 4.69) is 10.2 Å². The number of para-hydroxylation sites is 1. The van der Waals surface area contributed by atoms with Crippen molar-refractivity contribution >= 4 is 40.0 Å². The maximum atomic E-state index is 13.0. The first-order valence-corrected chi connectivity index (χ1v) is 10.9. The summed E-state index contributed by atoms with van der Waals surface area (Å²) >= 11 is 2.60. The third-order valence-electron chi connectivity index (χ3n) is 4.46. The number of carbonyl (C=O) groups is 1. The Morgan fingerprint density at radius 1 is 1.10 bits per heavy atom. The van der Waals surface area contributed by atoms with Crippen LogP contribution in [0.2, 0.25) is 0 Å². The average Bonchev–Trinajstić information content (AvgIpc) is 3.32. The van der Waals surface area contributed by atoms with Crippen molar-refractivity contribution in [3.05, 3.63) is 80.6 Å². The minimum absolute atomic E-state index is 0.100. The zero-order chi connectivity index (χ0) is 20.2. The molecular formula is C22H19N3O2S2.